The molecule has 0 spiro atoms. The first kappa shape index (κ1) is 11.8. The monoisotopic (exact) mass is 265 g/mol. The predicted molar refractivity (Wildman–Crippen MR) is 72.2 cm³/mol. The summed E-state index contributed by atoms with van der Waals surface area (Å²) in [5.41, 5.74) is 2.56. The van der Waals surface area contributed by atoms with Gasteiger partial charge in [-0.2, -0.15) is 5.10 Å². The number of alkyl halides is 1. The number of aryl methyl sites for hydroxylation is 1. The minimum Gasteiger partial charge on any atom is -0.307 e. The van der Waals surface area contributed by atoms with Crippen molar-refractivity contribution < 1.29 is 0 Å². The number of aromatic nitrogens is 3. The first-order valence-electron chi connectivity index (χ1n) is 6.37. The largest absolute Gasteiger partial charge is 0.307 e. The number of fused-ring (bicyclic) bond motifs is 1. The van der Waals surface area contributed by atoms with E-state index in [0.717, 1.165) is 35.1 Å². The minimum absolute atomic E-state index is 0.0997. The van der Waals surface area contributed by atoms with E-state index in [1.54, 1.807) is 6.07 Å². The molecule has 96 valence electrons. The Balaban J connectivity index is 2.27. The third-order valence-corrected chi connectivity index (χ3v) is 4.06. The summed E-state index contributed by atoms with van der Waals surface area (Å²) in [5.74, 6) is 0.345. The average molecular weight is 266 g/mol. The second-order valence-corrected chi connectivity index (χ2v) is 5.25. The van der Waals surface area contributed by atoms with Gasteiger partial charge in [0.05, 0.1) is 11.7 Å². The van der Waals surface area contributed by atoms with Crippen molar-refractivity contribution in [1.29, 1.82) is 0 Å². The van der Waals surface area contributed by atoms with Crippen molar-refractivity contribution in [3.63, 3.8) is 0 Å². The molecule has 2 aromatic rings. The molecule has 1 N–H and O–H groups in total. The Bertz CT molecular complexity index is 637. The summed E-state index contributed by atoms with van der Waals surface area (Å²) in [4.78, 5) is 14.6. The maximum atomic E-state index is 11.7. The van der Waals surface area contributed by atoms with E-state index in [1.807, 2.05) is 11.6 Å². The molecule has 2 aromatic heterocycles. The van der Waals surface area contributed by atoms with Crippen LogP contribution in [0, 0.1) is 6.92 Å². The van der Waals surface area contributed by atoms with Crippen LogP contribution in [0.5, 0.6) is 0 Å². The highest BCUT2D eigenvalue weighted by molar-refractivity contribution is 6.18. The number of hydrogen-bond acceptors (Lipinski definition) is 2. The van der Waals surface area contributed by atoms with E-state index < -0.39 is 0 Å². The fraction of sp³-hybridized carbons (Fsp3) is 0.538. The molecule has 4 nitrogen and oxygen atoms in total. The summed E-state index contributed by atoms with van der Waals surface area (Å²) in [6.45, 7) is 1.97. The smallest absolute Gasteiger partial charge is 0.249 e. The number of nitrogens with one attached hydrogen (secondary N) is 1. The molecule has 0 aromatic carbocycles. The van der Waals surface area contributed by atoms with E-state index >= 15 is 0 Å². The van der Waals surface area contributed by atoms with Crippen molar-refractivity contribution in [2.24, 2.45) is 0 Å². The van der Waals surface area contributed by atoms with E-state index in [1.165, 1.54) is 12.8 Å². The number of aromatic amines is 1. The molecular formula is C13H16ClN3O. The molecule has 18 heavy (non-hydrogen) atoms. The number of nitrogens with zero attached hydrogens (tertiary/aromatic N) is 2. The van der Waals surface area contributed by atoms with Crippen LogP contribution in [0.2, 0.25) is 0 Å². The van der Waals surface area contributed by atoms with Gasteiger partial charge in [0.1, 0.15) is 5.65 Å². The fourth-order valence-electron chi connectivity index (χ4n) is 2.95. The molecule has 0 amide bonds. The van der Waals surface area contributed by atoms with Crippen molar-refractivity contribution in [1.82, 2.24) is 14.8 Å². The SMILES string of the molecule is Cc1nn(C2CCCC2)c2[nH]c(=O)cc(CCl)c12. The molecule has 1 fully saturated rings. The normalized spacial score (nSPS) is 16.8. The molecule has 0 saturated heterocycles. The van der Waals surface area contributed by atoms with Crippen LogP contribution < -0.4 is 5.56 Å². The Morgan fingerprint density at radius 1 is 1.50 bits per heavy atom. The first-order valence-corrected chi connectivity index (χ1v) is 6.91. The quantitative estimate of drug-likeness (QED) is 0.849. The van der Waals surface area contributed by atoms with Crippen LogP contribution in [-0.2, 0) is 5.88 Å². The zero-order valence-corrected chi connectivity index (χ0v) is 11.1. The predicted octanol–water partition coefficient (Wildman–Crippen LogP) is 2.89. The van der Waals surface area contributed by atoms with Gasteiger partial charge in [0.15, 0.2) is 0 Å². The molecule has 1 saturated carbocycles. The van der Waals surface area contributed by atoms with E-state index in [9.17, 15) is 4.79 Å². The number of H-pyrrole nitrogens is 1. The van der Waals surface area contributed by atoms with Gasteiger partial charge in [0, 0.05) is 17.3 Å². The molecule has 0 radical (unpaired) electrons. The van der Waals surface area contributed by atoms with Gasteiger partial charge in [-0.05, 0) is 25.3 Å². The van der Waals surface area contributed by atoms with Gasteiger partial charge in [0.25, 0.3) is 0 Å². The highest BCUT2D eigenvalue weighted by Crippen LogP contribution is 2.32. The topological polar surface area (TPSA) is 50.7 Å². The standard InChI is InChI=1S/C13H16ClN3O/c1-8-12-9(7-14)6-11(18)15-13(12)17(16-8)10-4-2-3-5-10/h6,10H,2-5,7H2,1H3,(H,15,18). The molecule has 3 rings (SSSR count). The molecule has 2 heterocycles. The molecule has 0 bridgehead atoms. The van der Waals surface area contributed by atoms with Crippen LogP contribution in [0.1, 0.15) is 43.0 Å². The van der Waals surface area contributed by atoms with E-state index in [0.29, 0.717) is 11.9 Å². The van der Waals surface area contributed by atoms with Crippen LogP contribution in [0.4, 0.5) is 0 Å². The number of hydrogen-bond donors (Lipinski definition) is 1. The Morgan fingerprint density at radius 3 is 2.89 bits per heavy atom. The van der Waals surface area contributed by atoms with Gasteiger partial charge in [-0.15, -0.1) is 11.6 Å². The number of pyridine rings is 1. The second kappa shape index (κ2) is 4.43. The Labute approximate surface area is 110 Å². The minimum atomic E-state index is -0.0997. The van der Waals surface area contributed by atoms with Crippen LogP contribution in [0.15, 0.2) is 10.9 Å². The molecule has 0 atom stereocenters. The maximum absolute atomic E-state index is 11.7. The van der Waals surface area contributed by atoms with Crippen molar-refractivity contribution in [2.75, 3.05) is 0 Å². The lowest BCUT2D eigenvalue weighted by atomic mass is 10.1. The number of rotatable bonds is 2. The summed E-state index contributed by atoms with van der Waals surface area (Å²) in [7, 11) is 0. The summed E-state index contributed by atoms with van der Waals surface area (Å²) < 4.78 is 2.00. The lowest BCUT2D eigenvalue weighted by Crippen LogP contribution is -2.12. The van der Waals surface area contributed by atoms with Gasteiger partial charge in [0.2, 0.25) is 5.56 Å². The summed E-state index contributed by atoms with van der Waals surface area (Å²) in [5, 5.41) is 5.62. The zero-order valence-electron chi connectivity index (χ0n) is 10.4. The van der Waals surface area contributed by atoms with Crippen LogP contribution in [-0.4, -0.2) is 14.8 Å². The van der Waals surface area contributed by atoms with Gasteiger partial charge in [-0.3, -0.25) is 4.79 Å². The molecule has 0 aliphatic heterocycles. The van der Waals surface area contributed by atoms with E-state index in [2.05, 4.69) is 10.1 Å². The number of halogens is 1. The van der Waals surface area contributed by atoms with Crippen molar-refractivity contribution in [3.8, 4) is 0 Å². The third kappa shape index (κ3) is 1.75. The Kier molecular flexibility index (Phi) is 2.90. The summed E-state index contributed by atoms with van der Waals surface area (Å²) >= 11 is 5.93. The fourth-order valence-corrected chi connectivity index (χ4v) is 3.16. The first-order chi connectivity index (χ1) is 8.70. The molecule has 1 aliphatic carbocycles. The maximum Gasteiger partial charge on any atom is 0.249 e. The van der Waals surface area contributed by atoms with Gasteiger partial charge in [-0.1, -0.05) is 12.8 Å². The lowest BCUT2D eigenvalue weighted by molar-refractivity contribution is 0.476. The van der Waals surface area contributed by atoms with Crippen LogP contribution >= 0.6 is 11.6 Å². The average Bonchev–Trinajstić information content (AvgIpc) is 2.96. The van der Waals surface area contributed by atoms with E-state index in [4.69, 9.17) is 11.6 Å². The zero-order chi connectivity index (χ0) is 12.7. The Hall–Kier alpha value is -1.29. The molecule has 0 unspecified atom stereocenters. The van der Waals surface area contributed by atoms with Crippen molar-refractivity contribution in [3.05, 3.63) is 27.7 Å². The van der Waals surface area contributed by atoms with Gasteiger partial charge in [-0.25, -0.2) is 4.68 Å². The second-order valence-electron chi connectivity index (χ2n) is 4.98. The Morgan fingerprint density at radius 2 is 2.22 bits per heavy atom. The molecule has 1 aliphatic rings. The van der Waals surface area contributed by atoms with Crippen molar-refractivity contribution in [2.45, 2.75) is 44.5 Å². The highest BCUT2D eigenvalue weighted by atomic mass is 35.5. The molecule has 5 heteroatoms. The van der Waals surface area contributed by atoms with Gasteiger partial charge < -0.3 is 4.98 Å². The van der Waals surface area contributed by atoms with Gasteiger partial charge >= 0.3 is 0 Å². The molecular weight excluding hydrogens is 250 g/mol. The van der Waals surface area contributed by atoms with Crippen LogP contribution in [0.25, 0.3) is 11.0 Å². The van der Waals surface area contributed by atoms with Crippen LogP contribution in [0.3, 0.4) is 0 Å². The summed E-state index contributed by atoms with van der Waals surface area (Å²) in [6.07, 6.45) is 4.77. The lowest BCUT2D eigenvalue weighted by Gasteiger charge is -2.10. The summed E-state index contributed by atoms with van der Waals surface area (Å²) in [6, 6.07) is 1.99. The third-order valence-electron chi connectivity index (χ3n) is 3.77. The van der Waals surface area contributed by atoms with E-state index in [-0.39, 0.29) is 5.56 Å². The van der Waals surface area contributed by atoms with Crippen molar-refractivity contribution >= 4 is 22.6 Å². The highest BCUT2D eigenvalue weighted by Gasteiger charge is 2.22.